The van der Waals surface area contributed by atoms with E-state index >= 15 is 0 Å². The van der Waals surface area contributed by atoms with Crippen LogP contribution in [0.3, 0.4) is 0 Å². The minimum Gasteiger partial charge on any atom is -0.508 e. The Morgan fingerprint density at radius 3 is 1.60 bits per heavy atom. The number of phenolic OH excluding ortho intramolecular Hbond substituents is 7. The van der Waals surface area contributed by atoms with Gasteiger partial charge in [-0.3, -0.25) is 0 Å². The summed E-state index contributed by atoms with van der Waals surface area (Å²) in [6.07, 6.45) is 0.106. The smallest absolute Gasteiger partial charge is 0.200 e. The number of rotatable bonds is 5. The van der Waals surface area contributed by atoms with E-state index in [4.69, 9.17) is 0 Å². The molecule has 0 amide bonds. The number of hydrogen-bond donors (Lipinski definition) is 7. The molecule has 5 aromatic rings. The van der Waals surface area contributed by atoms with Crippen molar-refractivity contribution >= 4 is 0 Å². The summed E-state index contributed by atoms with van der Waals surface area (Å²) in [6, 6.07) is 24.6. The molecule has 7 N–H and O–H groups in total. The first-order chi connectivity index (χ1) is 20.1. The minimum absolute atomic E-state index is 0.0727. The fourth-order valence-corrected chi connectivity index (χ4v) is 6.53. The summed E-state index contributed by atoms with van der Waals surface area (Å²) in [5.41, 5.74) is 4.17. The highest BCUT2D eigenvalue weighted by molar-refractivity contribution is 5.88. The van der Waals surface area contributed by atoms with Gasteiger partial charge >= 0.3 is 0 Å². The summed E-state index contributed by atoms with van der Waals surface area (Å²) in [5, 5.41) is 75.8. The maximum Gasteiger partial charge on any atom is 0.200 e. The number of hydrogen-bond acceptors (Lipinski definition) is 7. The van der Waals surface area contributed by atoms with Crippen LogP contribution in [-0.4, -0.2) is 35.7 Å². The quantitative estimate of drug-likeness (QED) is 0.116. The molecule has 7 nitrogen and oxygen atoms in total. The number of benzene rings is 5. The number of phenols is 7. The van der Waals surface area contributed by atoms with Crippen molar-refractivity contribution in [3.8, 4) is 51.4 Å². The summed E-state index contributed by atoms with van der Waals surface area (Å²) in [5.74, 6) is -3.63. The molecule has 7 heteroatoms. The van der Waals surface area contributed by atoms with E-state index in [0.717, 1.165) is 22.3 Å². The highest BCUT2D eigenvalue weighted by Gasteiger charge is 2.50. The lowest BCUT2D eigenvalue weighted by Crippen LogP contribution is -2.31. The van der Waals surface area contributed by atoms with Gasteiger partial charge in [0.05, 0.1) is 5.41 Å². The molecule has 5 aromatic carbocycles. The Labute approximate surface area is 242 Å². The SMILES string of the molecule is CC(C)c1c(C2(c3cc(O)c(O)c(O)c3Cc3ccc(O)cc3)c3ccccc3-c3ccccc32)cc(O)c(O)c1O. The van der Waals surface area contributed by atoms with Crippen LogP contribution in [0.2, 0.25) is 0 Å². The summed E-state index contributed by atoms with van der Waals surface area (Å²) in [4.78, 5) is 0. The largest absolute Gasteiger partial charge is 0.508 e. The monoisotopic (exact) mass is 562 g/mol. The van der Waals surface area contributed by atoms with E-state index in [2.05, 4.69) is 0 Å². The Morgan fingerprint density at radius 1 is 0.548 bits per heavy atom. The van der Waals surface area contributed by atoms with Crippen LogP contribution < -0.4 is 0 Å². The zero-order chi connectivity index (χ0) is 29.9. The average Bonchev–Trinajstić information content (AvgIpc) is 3.28. The van der Waals surface area contributed by atoms with Crippen molar-refractivity contribution in [1.29, 1.82) is 0 Å². The molecular formula is C35H30O7. The second-order valence-electron chi connectivity index (χ2n) is 11.0. The molecular weight excluding hydrogens is 532 g/mol. The van der Waals surface area contributed by atoms with E-state index < -0.39 is 39.9 Å². The van der Waals surface area contributed by atoms with Gasteiger partial charge in [-0.15, -0.1) is 0 Å². The lowest BCUT2D eigenvalue weighted by atomic mass is 9.63. The van der Waals surface area contributed by atoms with E-state index in [1.807, 2.05) is 62.4 Å². The molecule has 0 atom stereocenters. The van der Waals surface area contributed by atoms with Gasteiger partial charge in [-0.05, 0) is 69.1 Å². The predicted octanol–water partition coefficient (Wildman–Crippen LogP) is 6.70. The maximum atomic E-state index is 11.4. The fourth-order valence-electron chi connectivity index (χ4n) is 6.53. The zero-order valence-corrected chi connectivity index (χ0v) is 23.0. The van der Waals surface area contributed by atoms with Gasteiger partial charge in [-0.1, -0.05) is 74.5 Å². The predicted molar refractivity (Wildman–Crippen MR) is 159 cm³/mol. The molecule has 0 unspecified atom stereocenters. The van der Waals surface area contributed by atoms with Crippen molar-refractivity contribution in [2.24, 2.45) is 0 Å². The Hall–Kier alpha value is -5.30. The summed E-state index contributed by atoms with van der Waals surface area (Å²) < 4.78 is 0. The lowest BCUT2D eigenvalue weighted by molar-refractivity contribution is 0.360. The van der Waals surface area contributed by atoms with Crippen LogP contribution in [0.1, 0.15) is 58.7 Å². The van der Waals surface area contributed by atoms with E-state index in [0.29, 0.717) is 27.8 Å². The molecule has 0 spiro atoms. The third kappa shape index (κ3) is 3.74. The summed E-state index contributed by atoms with van der Waals surface area (Å²) in [7, 11) is 0. The van der Waals surface area contributed by atoms with Crippen LogP contribution in [0.25, 0.3) is 11.1 Å². The number of aromatic hydroxyl groups is 7. The van der Waals surface area contributed by atoms with Crippen LogP contribution in [0.5, 0.6) is 40.2 Å². The van der Waals surface area contributed by atoms with E-state index in [1.54, 1.807) is 12.1 Å². The fraction of sp³-hybridized carbons (Fsp3) is 0.143. The van der Waals surface area contributed by atoms with Crippen LogP contribution in [0.15, 0.2) is 84.9 Å². The van der Waals surface area contributed by atoms with Crippen LogP contribution >= 0.6 is 0 Å². The Balaban J connectivity index is 1.84. The van der Waals surface area contributed by atoms with Gasteiger partial charge in [0.2, 0.25) is 11.5 Å². The minimum atomic E-state index is -1.33. The van der Waals surface area contributed by atoms with Gasteiger partial charge in [0, 0.05) is 17.5 Å². The molecule has 0 saturated heterocycles. The Kier molecular flexibility index (Phi) is 6.19. The maximum absolute atomic E-state index is 11.4. The second-order valence-corrected chi connectivity index (χ2v) is 11.0. The van der Waals surface area contributed by atoms with E-state index in [-0.39, 0.29) is 18.1 Å². The van der Waals surface area contributed by atoms with Crippen LogP contribution in [0.4, 0.5) is 0 Å². The third-order valence-corrected chi connectivity index (χ3v) is 8.31. The molecule has 42 heavy (non-hydrogen) atoms. The Bertz CT molecular complexity index is 1810. The van der Waals surface area contributed by atoms with Crippen molar-refractivity contribution < 1.29 is 35.7 Å². The van der Waals surface area contributed by atoms with Crippen molar-refractivity contribution in [3.63, 3.8) is 0 Å². The molecule has 0 heterocycles. The van der Waals surface area contributed by atoms with Gasteiger partial charge in [0.1, 0.15) is 5.75 Å². The van der Waals surface area contributed by atoms with Crippen molar-refractivity contribution in [2.45, 2.75) is 31.6 Å². The molecule has 0 aliphatic heterocycles. The molecule has 1 aliphatic rings. The lowest BCUT2D eigenvalue weighted by Gasteiger charge is -2.38. The highest BCUT2D eigenvalue weighted by atomic mass is 16.3. The molecule has 6 rings (SSSR count). The molecule has 212 valence electrons. The van der Waals surface area contributed by atoms with Gasteiger partial charge in [-0.2, -0.15) is 0 Å². The van der Waals surface area contributed by atoms with Gasteiger partial charge < -0.3 is 35.7 Å². The van der Waals surface area contributed by atoms with Gasteiger partial charge in [0.25, 0.3) is 0 Å². The normalized spacial score (nSPS) is 13.2. The topological polar surface area (TPSA) is 142 Å². The first-order valence-corrected chi connectivity index (χ1v) is 13.6. The molecule has 0 saturated carbocycles. The molecule has 1 aliphatic carbocycles. The molecule has 0 fully saturated rings. The average molecular weight is 563 g/mol. The van der Waals surface area contributed by atoms with Crippen LogP contribution in [0, 0.1) is 0 Å². The molecule has 0 radical (unpaired) electrons. The van der Waals surface area contributed by atoms with Gasteiger partial charge in [0.15, 0.2) is 23.0 Å². The highest BCUT2D eigenvalue weighted by Crippen LogP contribution is 2.62. The third-order valence-electron chi connectivity index (χ3n) is 8.31. The summed E-state index contributed by atoms with van der Waals surface area (Å²) in [6.45, 7) is 3.72. The van der Waals surface area contributed by atoms with Gasteiger partial charge in [-0.25, -0.2) is 0 Å². The van der Waals surface area contributed by atoms with E-state index in [9.17, 15) is 35.7 Å². The first kappa shape index (κ1) is 26.9. The molecule has 0 bridgehead atoms. The van der Waals surface area contributed by atoms with Crippen molar-refractivity contribution in [2.75, 3.05) is 0 Å². The second kappa shape index (κ2) is 9.66. The van der Waals surface area contributed by atoms with Crippen molar-refractivity contribution in [1.82, 2.24) is 0 Å². The number of fused-ring (bicyclic) bond motifs is 3. The standard InChI is InChI=1S/C35H30O7/c1-18(2)30-27(17-29(38)33(41)34(30)42)35(24-9-5-3-7-21(24)22-8-4-6-10-25(22)35)26-16-28(37)32(40)31(39)23(26)15-19-11-13-20(36)14-12-19/h3-14,16-18,36-42H,15H2,1-2H3. The van der Waals surface area contributed by atoms with E-state index in [1.165, 1.54) is 24.3 Å². The van der Waals surface area contributed by atoms with Crippen LogP contribution in [-0.2, 0) is 11.8 Å². The zero-order valence-electron chi connectivity index (χ0n) is 23.0. The summed E-state index contributed by atoms with van der Waals surface area (Å²) >= 11 is 0. The molecule has 0 aromatic heterocycles. The Morgan fingerprint density at radius 2 is 1.05 bits per heavy atom. The first-order valence-electron chi connectivity index (χ1n) is 13.6. The van der Waals surface area contributed by atoms with Crippen molar-refractivity contribution in [3.05, 3.63) is 124 Å².